The van der Waals surface area contributed by atoms with Crippen molar-refractivity contribution in [2.75, 3.05) is 11.9 Å². The number of hydrogen-bond acceptors (Lipinski definition) is 3. The van der Waals surface area contributed by atoms with Crippen LogP contribution in [-0.2, 0) is 6.42 Å². The molecule has 0 spiro atoms. The average Bonchev–Trinajstić information content (AvgIpc) is 2.97. The van der Waals surface area contributed by atoms with E-state index in [1.54, 1.807) is 23.5 Å². The first kappa shape index (κ1) is 10.1. The van der Waals surface area contributed by atoms with Gasteiger partial charge in [-0.25, -0.2) is 9.97 Å². The first-order valence-corrected chi connectivity index (χ1v) is 6.52. The molecule has 2 aliphatic rings. The van der Waals surface area contributed by atoms with Gasteiger partial charge in [0.25, 0.3) is 0 Å². The highest BCUT2D eigenvalue weighted by atomic mass is 15.1. The maximum absolute atomic E-state index is 4.19. The second-order valence-electron chi connectivity index (χ2n) is 5.21. The van der Waals surface area contributed by atoms with Crippen molar-refractivity contribution in [3.8, 4) is 0 Å². The van der Waals surface area contributed by atoms with Gasteiger partial charge in [-0.1, -0.05) is 24.3 Å². The fraction of sp³-hybridized carbons (Fsp3) is 0.333. The van der Waals surface area contributed by atoms with Crippen LogP contribution in [0, 0.1) is 11.8 Å². The van der Waals surface area contributed by atoms with Gasteiger partial charge in [-0.15, -0.1) is 0 Å². The molecule has 1 saturated carbocycles. The third-order valence-corrected chi connectivity index (χ3v) is 4.26. The van der Waals surface area contributed by atoms with Crippen LogP contribution in [0.15, 0.2) is 42.7 Å². The second-order valence-corrected chi connectivity index (χ2v) is 5.21. The fourth-order valence-electron chi connectivity index (χ4n) is 3.36. The lowest BCUT2D eigenvalue weighted by atomic mass is 10.0. The summed E-state index contributed by atoms with van der Waals surface area (Å²) < 4.78 is 0. The highest BCUT2D eigenvalue weighted by molar-refractivity contribution is 5.44. The van der Waals surface area contributed by atoms with E-state index in [2.05, 4.69) is 39.6 Å². The molecule has 0 aliphatic heterocycles. The van der Waals surface area contributed by atoms with Crippen LogP contribution in [0.1, 0.15) is 17.0 Å². The molecule has 18 heavy (non-hydrogen) atoms. The highest BCUT2D eigenvalue weighted by Gasteiger charge is 2.54. The van der Waals surface area contributed by atoms with Gasteiger partial charge in [0.15, 0.2) is 0 Å². The van der Waals surface area contributed by atoms with Crippen molar-refractivity contribution < 1.29 is 0 Å². The Morgan fingerprint density at radius 1 is 1.11 bits per heavy atom. The molecule has 3 nitrogen and oxygen atoms in total. The molecule has 3 atom stereocenters. The van der Waals surface area contributed by atoms with Gasteiger partial charge in [-0.3, -0.25) is 0 Å². The largest absolute Gasteiger partial charge is 0.354 e. The van der Waals surface area contributed by atoms with E-state index in [-0.39, 0.29) is 0 Å². The molecular formula is C15H15N3. The zero-order valence-electron chi connectivity index (χ0n) is 10.1. The summed E-state index contributed by atoms with van der Waals surface area (Å²) >= 11 is 0. The molecule has 0 bridgehead atoms. The Bertz CT molecular complexity index is 567. The molecule has 1 fully saturated rings. The molecule has 0 unspecified atom stereocenters. The summed E-state index contributed by atoms with van der Waals surface area (Å²) in [6, 6.07) is 10.7. The van der Waals surface area contributed by atoms with E-state index in [9.17, 15) is 0 Å². The summed E-state index contributed by atoms with van der Waals surface area (Å²) in [5.41, 5.74) is 3.13. The Hall–Kier alpha value is -1.90. The van der Waals surface area contributed by atoms with Gasteiger partial charge in [0, 0.05) is 18.9 Å². The van der Waals surface area contributed by atoms with Crippen molar-refractivity contribution in [1.82, 2.24) is 9.97 Å². The van der Waals surface area contributed by atoms with Gasteiger partial charge in [0.1, 0.15) is 0 Å². The number of nitrogens with one attached hydrogen (secondary N) is 1. The van der Waals surface area contributed by atoms with E-state index in [0.717, 1.165) is 30.2 Å². The Kier molecular flexibility index (Phi) is 2.13. The van der Waals surface area contributed by atoms with Crippen molar-refractivity contribution in [1.29, 1.82) is 0 Å². The lowest BCUT2D eigenvalue weighted by molar-refractivity contribution is 0.716. The SMILES string of the molecule is c1cnc(NC[C@@H]2[C@@H]3Cc4ccccc4[C@@H]23)nc1. The lowest BCUT2D eigenvalue weighted by Gasteiger charge is -2.08. The molecule has 2 aliphatic carbocycles. The molecule has 1 aromatic heterocycles. The van der Waals surface area contributed by atoms with Crippen LogP contribution >= 0.6 is 0 Å². The molecule has 90 valence electrons. The summed E-state index contributed by atoms with van der Waals surface area (Å²) in [7, 11) is 0. The fourth-order valence-corrected chi connectivity index (χ4v) is 3.36. The third kappa shape index (κ3) is 1.50. The number of benzene rings is 1. The Morgan fingerprint density at radius 2 is 1.94 bits per heavy atom. The van der Waals surface area contributed by atoms with E-state index in [1.807, 2.05) is 6.07 Å². The molecule has 1 aromatic carbocycles. The number of rotatable bonds is 3. The molecule has 1 N–H and O–H groups in total. The predicted molar refractivity (Wildman–Crippen MR) is 70.4 cm³/mol. The van der Waals surface area contributed by atoms with Gasteiger partial charge in [0.05, 0.1) is 0 Å². The Balaban J connectivity index is 1.43. The van der Waals surface area contributed by atoms with Gasteiger partial charge in [-0.2, -0.15) is 0 Å². The van der Waals surface area contributed by atoms with Crippen molar-refractivity contribution in [3.05, 3.63) is 53.9 Å². The summed E-state index contributed by atoms with van der Waals surface area (Å²) in [5.74, 6) is 3.13. The number of nitrogens with zero attached hydrogens (tertiary/aromatic N) is 2. The molecular weight excluding hydrogens is 222 g/mol. The molecule has 1 heterocycles. The number of fused-ring (bicyclic) bond motifs is 3. The molecule has 0 amide bonds. The average molecular weight is 237 g/mol. The second kappa shape index (κ2) is 3.80. The summed E-state index contributed by atoms with van der Waals surface area (Å²) in [6.07, 6.45) is 4.81. The summed E-state index contributed by atoms with van der Waals surface area (Å²) in [4.78, 5) is 8.39. The van der Waals surface area contributed by atoms with Crippen LogP contribution in [0.2, 0.25) is 0 Å². The van der Waals surface area contributed by atoms with Crippen LogP contribution in [0.3, 0.4) is 0 Å². The normalized spacial score (nSPS) is 27.4. The molecule has 0 saturated heterocycles. The molecule has 0 radical (unpaired) electrons. The van der Waals surface area contributed by atoms with Crippen LogP contribution in [-0.4, -0.2) is 16.5 Å². The minimum atomic E-state index is 0.746. The van der Waals surface area contributed by atoms with Crippen molar-refractivity contribution in [2.45, 2.75) is 12.3 Å². The topological polar surface area (TPSA) is 37.8 Å². The minimum Gasteiger partial charge on any atom is -0.354 e. The van der Waals surface area contributed by atoms with Gasteiger partial charge in [-0.05, 0) is 41.4 Å². The zero-order valence-corrected chi connectivity index (χ0v) is 10.1. The summed E-state index contributed by atoms with van der Waals surface area (Å²) in [6.45, 7) is 0.994. The van der Waals surface area contributed by atoms with E-state index in [1.165, 1.54) is 6.42 Å². The van der Waals surface area contributed by atoms with Crippen LogP contribution in [0.25, 0.3) is 0 Å². The smallest absolute Gasteiger partial charge is 0.222 e. The van der Waals surface area contributed by atoms with Crippen LogP contribution in [0.5, 0.6) is 0 Å². The molecule has 4 rings (SSSR count). The first-order valence-electron chi connectivity index (χ1n) is 6.52. The van der Waals surface area contributed by atoms with Gasteiger partial charge < -0.3 is 5.32 Å². The van der Waals surface area contributed by atoms with E-state index >= 15 is 0 Å². The number of hydrogen-bond donors (Lipinski definition) is 1. The Labute approximate surface area is 106 Å². The van der Waals surface area contributed by atoms with Gasteiger partial charge in [0.2, 0.25) is 5.95 Å². The van der Waals surface area contributed by atoms with Crippen LogP contribution in [0.4, 0.5) is 5.95 Å². The third-order valence-electron chi connectivity index (χ3n) is 4.26. The Morgan fingerprint density at radius 3 is 2.83 bits per heavy atom. The quantitative estimate of drug-likeness (QED) is 0.891. The predicted octanol–water partition coefficient (Wildman–Crippen LogP) is 2.47. The van der Waals surface area contributed by atoms with Crippen molar-refractivity contribution in [2.24, 2.45) is 11.8 Å². The van der Waals surface area contributed by atoms with Crippen molar-refractivity contribution >= 4 is 5.95 Å². The van der Waals surface area contributed by atoms with E-state index in [4.69, 9.17) is 0 Å². The maximum Gasteiger partial charge on any atom is 0.222 e. The first-order chi connectivity index (χ1) is 8.93. The van der Waals surface area contributed by atoms with E-state index in [0.29, 0.717) is 0 Å². The number of aromatic nitrogens is 2. The monoisotopic (exact) mass is 237 g/mol. The van der Waals surface area contributed by atoms with Crippen LogP contribution < -0.4 is 5.32 Å². The minimum absolute atomic E-state index is 0.746. The van der Waals surface area contributed by atoms with Gasteiger partial charge >= 0.3 is 0 Å². The number of anilines is 1. The summed E-state index contributed by atoms with van der Waals surface area (Å²) in [5, 5.41) is 3.34. The van der Waals surface area contributed by atoms with E-state index < -0.39 is 0 Å². The molecule has 2 aromatic rings. The van der Waals surface area contributed by atoms with Crippen molar-refractivity contribution in [3.63, 3.8) is 0 Å². The standard InChI is InChI=1S/C15H15N3/c1-2-5-11-10(4-1)8-12-13(14(11)12)9-18-15-16-6-3-7-17-15/h1-7,12-14H,8-9H2,(H,16,17,18)/t12-,13+,14+/m0/s1. The maximum atomic E-state index is 4.19. The highest BCUT2D eigenvalue weighted by Crippen LogP contribution is 2.61. The molecule has 3 heteroatoms. The zero-order chi connectivity index (χ0) is 11.9. The lowest BCUT2D eigenvalue weighted by Crippen LogP contribution is -2.10.